The maximum Gasteiger partial charge on any atom is 0.332 e. The van der Waals surface area contributed by atoms with Gasteiger partial charge in [-0.3, -0.25) is 76.7 Å². The Balaban J connectivity index is 1.65. The van der Waals surface area contributed by atoms with Gasteiger partial charge in [-0.1, -0.05) is 59.8 Å². The summed E-state index contributed by atoms with van der Waals surface area (Å²) < 4.78 is 35.7. The summed E-state index contributed by atoms with van der Waals surface area (Å²) in [7, 11) is 0. The fraction of sp³-hybridized carbons (Fsp3) is 0.746. The molecule has 4 aliphatic rings. The topological polar surface area (TPSA) is 810 Å². The Morgan fingerprint density at radius 3 is 1.32 bits per heavy atom. The first-order valence-corrected chi connectivity index (χ1v) is 38.8. The lowest BCUT2D eigenvalue weighted by molar-refractivity contribution is -0.360. The summed E-state index contributed by atoms with van der Waals surface area (Å²) >= 11 is 0. The highest BCUT2D eigenvalue weighted by atomic mass is 16.7. The van der Waals surface area contributed by atoms with Crippen molar-refractivity contribution in [3.8, 4) is 0 Å². The van der Waals surface area contributed by atoms with Crippen molar-refractivity contribution in [1.82, 2.24) is 63.8 Å². The molecule has 1 aliphatic carbocycles. The van der Waals surface area contributed by atoms with Gasteiger partial charge in [-0.25, -0.2) is 9.59 Å². The van der Waals surface area contributed by atoms with Crippen LogP contribution in [-0.2, 0) is 115 Å². The van der Waals surface area contributed by atoms with Crippen molar-refractivity contribution < 1.29 is 191 Å². The number of hydrogen-bond donors (Lipinski definition) is 27. The van der Waals surface area contributed by atoms with Gasteiger partial charge in [0, 0.05) is 13.8 Å². The second kappa shape index (κ2) is 49.8. The van der Waals surface area contributed by atoms with E-state index in [0.29, 0.717) is 12.8 Å². The van der Waals surface area contributed by atoms with Gasteiger partial charge in [0.1, 0.15) is 121 Å². The van der Waals surface area contributed by atoms with Crippen molar-refractivity contribution in [3.05, 3.63) is 0 Å². The van der Waals surface area contributed by atoms with Crippen LogP contribution < -0.4 is 63.8 Å². The van der Waals surface area contributed by atoms with Crippen LogP contribution in [0, 0.1) is 17.8 Å². The third-order valence-corrected chi connectivity index (χ3v) is 19.4. The number of carboxylic acids is 6. The maximum atomic E-state index is 14.7. The predicted molar refractivity (Wildman–Crippen MR) is 399 cm³/mol. The van der Waals surface area contributed by atoms with Crippen LogP contribution in [0.25, 0.3) is 0 Å². The molecule has 122 heavy (non-hydrogen) atoms. The summed E-state index contributed by atoms with van der Waals surface area (Å²) in [5.41, 5.74) is 0. The Labute approximate surface area is 694 Å². The zero-order valence-electron chi connectivity index (χ0n) is 67.4. The van der Waals surface area contributed by atoms with Crippen molar-refractivity contribution in [3.63, 3.8) is 0 Å². The lowest BCUT2D eigenvalue weighted by Crippen LogP contribution is -2.72. The molecule has 0 aromatic rings. The molecular weight excluding hydrogens is 1640 g/mol. The minimum Gasteiger partial charge on any atom is -0.481 e. The zero-order valence-corrected chi connectivity index (χ0v) is 67.4. The Morgan fingerprint density at radius 2 is 0.869 bits per heavy atom. The quantitative estimate of drug-likeness (QED) is 0.0269. The van der Waals surface area contributed by atoms with Crippen molar-refractivity contribution in [2.45, 2.75) is 284 Å². The molecule has 25 atom stereocenters. The lowest BCUT2D eigenvalue weighted by atomic mass is 9.85. The van der Waals surface area contributed by atoms with Gasteiger partial charge >= 0.3 is 35.8 Å². The normalized spacial score (nSPS) is 25.6. The van der Waals surface area contributed by atoms with Gasteiger partial charge in [-0.05, 0) is 43.9 Å². The second-order valence-corrected chi connectivity index (χ2v) is 30.5. The molecule has 3 saturated heterocycles. The minimum absolute atomic E-state index is 0.0586. The van der Waals surface area contributed by atoms with Crippen LogP contribution in [0.4, 0.5) is 0 Å². The van der Waals surface area contributed by atoms with Crippen molar-refractivity contribution in [2.75, 3.05) is 33.0 Å². The highest BCUT2D eigenvalue weighted by molar-refractivity contribution is 6.01. The van der Waals surface area contributed by atoms with Crippen LogP contribution in [-0.4, -0.2) is 369 Å². The number of ether oxygens (including phenoxy) is 6. The molecule has 0 aromatic heterocycles. The number of rotatable bonds is 49. The third-order valence-electron chi connectivity index (χ3n) is 19.4. The largest absolute Gasteiger partial charge is 0.481 e. The minimum atomic E-state index is -2.27. The predicted octanol–water partition coefficient (Wildman–Crippen LogP) is -11.9. The van der Waals surface area contributed by atoms with E-state index >= 15 is 0 Å². The molecule has 4 rings (SSSR count). The molecule has 690 valence electrons. The van der Waals surface area contributed by atoms with Gasteiger partial charge in [0.15, 0.2) is 24.9 Å². The van der Waals surface area contributed by atoms with E-state index in [1.165, 1.54) is 27.7 Å². The number of aliphatic hydroxyl groups is 9. The van der Waals surface area contributed by atoms with Crippen LogP contribution in [0.5, 0.6) is 0 Å². The number of hydrogen-bond acceptors (Lipinski definition) is 33. The number of aliphatic hydroxyl groups excluding tert-OH is 9. The molecule has 0 spiro atoms. The average Bonchev–Trinajstić information content (AvgIpc) is 0.764. The van der Waals surface area contributed by atoms with E-state index in [0.717, 1.165) is 40.0 Å². The number of carbonyl (C=O) groups excluding carboxylic acids is 12. The van der Waals surface area contributed by atoms with Gasteiger partial charge in [0.25, 0.3) is 0 Å². The molecule has 4 fully saturated rings. The number of carbonyl (C=O) groups is 18. The fourth-order valence-corrected chi connectivity index (χ4v) is 13.3. The molecule has 0 radical (unpaired) electrons. The Morgan fingerprint density at radius 1 is 0.426 bits per heavy atom. The van der Waals surface area contributed by atoms with Gasteiger partial charge in [0.05, 0.1) is 71.2 Å². The maximum absolute atomic E-state index is 14.7. The average molecular weight is 1760 g/mol. The molecule has 1 saturated carbocycles. The fourth-order valence-electron chi connectivity index (χ4n) is 13.3. The first-order chi connectivity index (χ1) is 57.1. The SMILES string of the molecule is CC(=O)NCC(=O)N[C@@H](CC(=O)N[C@@H]1O[C@H](CO)[C@@H](O[C@@H]2O[C@H](CO)[C@H](O)[C@H](O[C@@H](CC3CCCCC3)C(=O)O)[C@H]2O)[C@H](O[C@@H]2OC[C@@H](O)[C@@H](O)[C@@H]2O)[C@H]1NC(C)=O)C(=O)N[C@@H](CC(C)C)C(=O)N[C@H](C(=O)N[C@@H](CC(=O)O)C(=O)N[C@@H](CC(C)C)C(=O)N[C@@H](CC(=O)O)C(=O)N[C@@H](CO)C(=O)N[C@@H](CC(=O)O)C(=O)N[C@@H](CC(=O)O)C(=O)O)[C@@H](C)O. The van der Waals surface area contributed by atoms with Crippen LogP contribution in [0.2, 0.25) is 0 Å². The Bertz CT molecular complexity index is 3650. The first kappa shape index (κ1) is 104. The van der Waals surface area contributed by atoms with Crippen molar-refractivity contribution in [1.29, 1.82) is 0 Å². The van der Waals surface area contributed by atoms with Crippen LogP contribution in [0.15, 0.2) is 0 Å². The van der Waals surface area contributed by atoms with Gasteiger partial charge < -0.3 is 169 Å². The van der Waals surface area contributed by atoms with Crippen molar-refractivity contribution in [2.24, 2.45) is 17.8 Å². The van der Waals surface area contributed by atoms with E-state index in [9.17, 15) is 158 Å². The first-order valence-electron chi connectivity index (χ1n) is 38.8. The summed E-state index contributed by atoms with van der Waals surface area (Å²) in [6.45, 7) is 3.67. The second-order valence-electron chi connectivity index (χ2n) is 30.5. The van der Waals surface area contributed by atoms with Crippen LogP contribution >= 0.6 is 0 Å². The molecule has 3 heterocycles. The zero-order chi connectivity index (χ0) is 92.0. The summed E-state index contributed by atoms with van der Waals surface area (Å²) in [5, 5.41) is 181. The van der Waals surface area contributed by atoms with E-state index in [4.69, 9.17) is 33.5 Å². The number of nitrogens with one attached hydrogen (secondary N) is 12. The monoisotopic (exact) mass is 1760 g/mol. The molecule has 3 aliphatic heterocycles. The van der Waals surface area contributed by atoms with Gasteiger partial charge in [-0.15, -0.1) is 0 Å². The Hall–Kier alpha value is -10.1. The van der Waals surface area contributed by atoms with E-state index in [-0.39, 0.29) is 12.3 Å². The van der Waals surface area contributed by atoms with Crippen molar-refractivity contribution >= 4 is 107 Å². The summed E-state index contributed by atoms with van der Waals surface area (Å²) in [6.07, 6.45) is -32.8. The number of amides is 12. The van der Waals surface area contributed by atoms with Gasteiger partial charge in [-0.2, -0.15) is 0 Å². The summed E-state index contributed by atoms with van der Waals surface area (Å²) in [6, 6.07) is -21.2. The Kier molecular flexibility index (Phi) is 42.6. The summed E-state index contributed by atoms with van der Waals surface area (Å²) in [4.78, 5) is 236. The van der Waals surface area contributed by atoms with E-state index < -0.39 is 349 Å². The molecule has 12 amide bonds. The highest BCUT2D eigenvalue weighted by Gasteiger charge is 2.56. The van der Waals surface area contributed by atoms with E-state index in [2.05, 4.69) is 37.2 Å². The number of carboxylic acid groups (broad SMARTS) is 6. The molecule has 51 nitrogen and oxygen atoms in total. The molecule has 51 heteroatoms. The summed E-state index contributed by atoms with van der Waals surface area (Å²) in [5.74, 6) is -28.1. The molecular formula is C71H112N12O39. The smallest absolute Gasteiger partial charge is 0.332 e. The van der Waals surface area contributed by atoms with Crippen LogP contribution in [0.1, 0.15) is 132 Å². The molecule has 0 aromatic carbocycles. The standard InChI is InChI=1S/C71H112N12O39/c1-26(2)13-32(59(105)77-36(18-47(95)96)63(109)81-39(22-84)65(111)78-35(17-46(93)94)62(108)80-38(68(113)114)20-49(99)100)75-61(107)37(19-48(97)98)79-66(112)50(28(5)87)83-64(110)33(14-27(3)4)76-60(106)34(74-45(92)21-72-29(6)88)16-44(91)82-67-51(73-30(7)89)57(122-70-54(103)52(101)40(90)25-117-70)56(43(24-86)119-67)121-71-55(104)58(53(102)42(23-85)120-71)118-41(69(115)116)15-31-11-9-8-10-12-31/h26-28,31-43,50-58,67,70-71,84-87,90,101-104H,8-25H2,1-7H3,(H,72,88)(H,73,89)(H,74,92)(H,75,107)(H,76,106)(H,77,105)(H,78,111)(H,79,112)(H,80,108)(H,81,109)(H,82,91)(H,83,110)(H,93,94)(H,95,96)(H,97,98)(H,99,100)(H,113,114)(H,115,116)/t28-,32+,33+,34+,35+,36+,37+,38+,39+,40-,41+,42-,43-,50+,51-,52-,53+,54+,55-,56-,57-,58+,67-,70+,71+/m1/s1. The molecule has 0 bridgehead atoms. The molecule has 27 N–H and O–H groups in total. The third kappa shape index (κ3) is 33.3. The highest BCUT2D eigenvalue weighted by Crippen LogP contribution is 2.35. The molecule has 0 unspecified atom stereocenters. The van der Waals surface area contributed by atoms with Gasteiger partial charge in [0.2, 0.25) is 70.9 Å². The van der Waals surface area contributed by atoms with Crippen LogP contribution in [0.3, 0.4) is 0 Å². The van der Waals surface area contributed by atoms with E-state index in [1.807, 2.05) is 21.3 Å². The lowest BCUT2D eigenvalue weighted by Gasteiger charge is -2.50. The van der Waals surface area contributed by atoms with E-state index in [1.54, 1.807) is 5.32 Å². The number of aliphatic carboxylic acids is 6.